The van der Waals surface area contributed by atoms with Crippen LogP contribution in [0.1, 0.15) is 34.8 Å². The molecule has 3 rings (SSSR count). The molecule has 6 nitrogen and oxygen atoms in total. The molecular weight excluding hydrogens is 326 g/mol. The van der Waals surface area contributed by atoms with Crippen LogP contribution in [0.3, 0.4) is 0 Å². The molecular formula is C17H25N3O3S. The summed E-state index contributed by atoms with van der Waals surface area (Å²) in [5, 5.41) is 10.1. The number of hydrogen-bond donors (Lipinski definition) is 1. The van der Waals surface area contributed by atoms with Gasteiger partial charge in [0.25, 0.3) is 0 Å². The van der Waals surface area contributed by atoms with E-state index in [1.165, 1.54) is 0 Å². The summed E-state index contributed by atoms with van der Waals surface area (Å²) in [6, 6.07) is 0. The SMILES string of the molecule is Cc1nc(C)c(CC(=O)N2CCC3(CCCN(CCO)C3=O)C2)s1. The van der Waals surface area contributed by atoms with Gasteiger partial charge in [0, 0.05) is 31.1 Å². The number of nitrogens with zero attached hydrogens (tertiary/aromatic N) is 3. The Hall–Kier alpha value is -1.47. The Bertz CT molecular complexity index is 643. The van der Waals surface area contributed by atoms with E-state index in [1.54, 1.807) is 16.2 Å². The van der Waals surface area contributed by atoms with Gasteiger partial charge >= 0.3 is 0 Å². The fourth-order valence-corrected chi connectivity index (χ4v) is 4.86. The predicted octanol–water partition coefficient (Wildman–Crippen LogP) is 1.14. The van der Waals surface area contributed by atoms with Crippen molar-refractivity contribution in [2.75, 3.05) is 32.8 Å². The van der Waals surface area contributed by atoms with Crippen molar-refractivity contribution >= 4 is 23.2 Å². The molecule has 0 saturated carbocycles. The summed E-state index contributed by atoms with van der Waals surface area (Å²) in [4.78, 5) is 34.5. The highest BCUT2D eigenvalue weighted by molar-refractivity contribution is 7.11. The van der Waals surface area contributed by atoms with Crippen molar-refractivity contribution in [2.45, 2.75) is 39.5 Å². The van der Waals surface area contributed by atoms with E-state index in [2.05, 4.69) is 4.98 Å². The molecule has 1 N–H and O–H groups in total. The van der Waals surface area contributed by atoms with Gasteiger partial charge in [0.1, 0.15) is 0 Å². The Kier molecular flexibility index (Phi) is 4.92. The van der Waals surface area contributed by atoms with Crippen molar-refractivity contribution in [1.29, 1.82) is 0 Å². The maximum Gasteiger partial charge on any atom is 0.230 e. The molecule has 2 saturated heterocycles. The van der Waals surface area contributed by atoms with Gasteiger partial charge in [-0.05, 0) is 33.1 Å². The fourth-order valence-electron chi connectivity index (χ4n) is 3.94. The molecule has 1 unspecified atom stereocenters. The number of aliphatic hydroxyl groups is 1. The Morgan fingerprint density at radius 3 is 2.79 bits per heavy atom. The number of carbonyl (C=O) groups excluding carboxylic acids is 2. The standard InChI is InChI=1S/C17H25N3O3S/c1-12-14(24-13(2)18-12)10-15(22)20-7-5-17(11-20)4-3-6-19(8-9-21)16(17)23/h21H,3-11H2,1-2H3. The topological polar surface area (TPSA) is 73.7 Å². The lowest BCUT2D eigenvalue weighted by molar-refractivity contribution is -0.146. The molecule has 0 aromatic carbocycles. The first kappa shape index (κ1) is 17.4. The largest absolute Gasteiger partial charge is 0.395 e. The third-order valence-corrected chi connectivity index (χ3v) is 6.28. The molecule has 0 radical (unpaired) electrons. The van der Waals surface area contributed by atoms with Crippen molar-refractivity contribution in [3.05, 3.63) is 15.6 Å². The highest BCUT2D eigenvalue weighted by Gasteiger charge is 2.49. The summed E-state index contributed by atoms with van der Waals surface area (Å²) in [7, 11) is 0. The van der Waals surface area contributed by atoms with Crippen LogP contribution in [0.15, 0.2) is 0 Å². The lowest BCUT2D eigenvalue weighted by Gasteiger charge is -2.39. The van der Waals surface area contributed by atoms with Crippen LogP contribution in [0.2, 0.25) is 0 Å². The number of aryl methyl sites for hydroxylation is 2. The monoisotopic (exact) mass is 351 g/mol. The number of carbonyl (C=O) groups is 2. The number of amides is 2. The third kappa shape index (κ3) is 3.19. The molecule has 1 aromatic heterocycles. The first-order chi connectivity index (χ1) is 11.4. The van der Waals surface area contributed by atoms with Crippen LogP contribution in [0, 0.1) is 19.3 Å². The highest BCUT2D eigenvalue weighted by Crippen LogP contribution is 2.40. The van der Waals surface area contributed by atoms with Crippen molar-refractivity contribution in [2.24, 2.45) is 5.41 Å². The molecule has 2 aliphatic heterocycles. The number of aliphatic hydroxyl groups excluding tert-OH is 1. The first-order valence-electron chi connectivity index (χ1n) is 8.56. The Morgan fingerprint density at radius 1 is 1.33 bits per heavy atom. The van der Waals surface area contributed by atoms with Gasteiger partial charge in [-0.1, -0.05) is 0 Å². The lowest BCUT2D eigenvalue weighted by atomic mass is 9.78. The second kappa shape index (κ2) is 6.80. The average Bonchev–Trinajstić information content (AvgIpc) is 3.09. The number of thiazole rings is 1. The predicted molar refractivity (Wildman–Crippen MR) is 91.8 cm³/mol. The van der Waals surface area contributed by atoms with Crippen molar-refractivity contribution < 1.29 is 14.7 Å². The fraction of sp³-hybridized carbons (Fsp3) is 0.706. The lowest BCUT2D eigenvalue weighted by Crippen LogP contribution is -2.51. The number of rotatable bonds is 4. The van der Waals surface area contributed by atoms with Gasteiger partial charge in [0.05, 0.1) is 29.1 Å². The molecule has 2 fully saturated rings. The molecule has 7 heteroatoms. The second-order valence-corrected chi connectivity index (χ2v) is 8.17. The summed E-state index contributed by atoms with van der Waals surface area (Å²) in [6.45, 7) is 6.16. The summed E-state index contributed by atoms with van der Waals surface area (Å²) >= 11 is 1.57. The van der Waals surface area contributed by atoms with E-state index >= 15 is 0 Å². The number of β-amino-alcohol motifs (C(OH)–C–C–N with tert-alkyl or cyclic N) is 1. The van der Waals surface area contributed by atoms with Crippen LogP contribution >= 0.6 is 11.3 Å². The molecule has 2 amide bonds. The molecule has 0 bridgehead atoms. The molecule has 0 aliphatic carbocycles. The number of aromatic nitrogens is 1. The van der Waals surface area contributed by atoms with E-state index in [0.29, 0.717) is 32.6 Å². The maximum absolute atomic E-state index is 12.8. The van der Waals surface area contributed by atoms with Crippen molar-refractivity contribution in [3.8, 4) is 0 Å². The van der Waals surface area contributed by atoms with Crippen LogP contribution in [0.4, 0.5) is 0 Å². The molecule has 1 atom stereocenters. The second-order valence-electron chi connectivity index (χ2n) is 6.88. The Labute approximate surface area is 146 Å². The molecule has 24 heavy (non-hydrogen) atoms. The normalized spacial score (nSPS) is 24.2. The minimum atomic E-state index is -0.429. The molecule has 3 heterocycles. The van der Waals surface area contributed by atoms with Crippen molar-refractivity contribution in [1.82, 2.24) is 14.8 Å². The molecule has 1 aromatic rings. The van der Waals surface area contributed by atoms with Crippen LogP contribution in [0.25, 0.3) is 0 Å². The van der Waals surface area contributed by atoms with E-state index in [0.717, 1.165) is 34.8 Å². The zero-order chi connectivity index (χ0) is 17.3. The van der Waals surface area contributed by atoms with E-state index < -0.39 is 5.41 Å². The van der Waals surface area contributed by atoms with Gasteiger partial charge in [0.15, 0.2) is 0 Å². The summed E-state index contributed by atoms with van der Waals surface area (Å²) < 4.78 is 0. The molecule has 2 aliphatic rings. The van der Waals surface area contributed by atoms with Crippen LogP contribution in [0.5, 0.6) is 0 Å². The average molecular weight is 351 g/mol. The smallest absolute Gasteiger partial charge is 0.230 e. The van der Waals surface area contributed by atoms with E-state index in [9.17, 15) is 9.59 Å². The Balaban J connectivity index is 1.67. The van der Waals surface area contributed by atoms with Crippen LogP contribution in [-0.4, -0.2) is 64.5 Å². The minimum absolute atomic E-state index is 0.00549. The summed E-state index contributed by atoms with van der Waals surface area (Å²) in [5.41, 5.74) is 0.504. The van der Waals surface area contributed by atoms with Gasteiger partial charge in [-0.3, -0.25) is 9.59 Å². The van der Waals surface area contributed by atoms with Crippen molar-refractivity contribution in [3.63, 3.8) is 0 Å². The third-order valence-electron chi connectivity index (χ3n) is 5.21. The van der Waals surface area contributed by atoms with Crippen LogP contribution in [-0.2, 0) is 16.0 Å². The summed E-state index contributed by atoms with van der Waals surface area (Å²) in [6.07, 6.45) is 2.90. The van der Waals surface area contributed by atoms with Gasteiger partial charge in [0.2, 0.25) is 11.8 Å². The van der Waals surface area contributed by atoms with Gasteiger partial charge in [-0.15, -0.1) is 11.3 Å². The van der Waals surface area contributed by atoms with E-state index in [-0.39, 0.29) is 18.4 Å². The van der Waals surface area contributed by atoms with Gasteiger partial charge in [-0.2, -0.15) is 0 Å². The molecule has 1 spiro atoms. The van der Waals surface area contributed by atoms with E-state index in [4.69, 9.17) is 5.11 Å². The maximum atomic E-state index is 12.8. The minimum Gasteiger partial charge on any atom is -0.395 e. The zero-order valence-corrected chi connectivity index (χ0v) is 15.2. The van der Waals surface area contributed by atoms with E-state index in [1.807, 2.05) is 18.7 Å². The number of piperidine rings is 1. The zero-order valence-electron chi connectivity index (χ0n) is 14.4. The van der Waals surface area contributed by atoms with Gasteiger partial charge in [-0.25, -0.2) is 4.98 Å². The van der Waals surface area contributed by atoms with Crippen LogP contribution < -0.4 is 0 Å². The van der Waals surface area contributed by atoms with Gasteiger partial charge < -0.3 is 14.9 Å². The highest BCUT2D eigenvalue weighted by atomic mass is 32.1. The number of likely N-dealkylation sites (tertiary alicyclic amines) is 2. The number of hydrogen-bond acceptors (Lipinski definition) is 5. The Morgan fingerprint density at radius 2 is 2.12 bits per heavy atom. The first-order valence-corrected chi connectivity index (χ1v) is 9.38. The molecule has 132 valence electrons. The summed E-state index contributed by atoms with van der Waals surface area (Å²) in [5.74, 6) is 0.202. The quantitative estimate of drug-likeness (QED) is 0.883.